The number of primary amides is 1. The van der Waals surface area contributed by atoms with Gasteiger partial charge in [0.2, 0.25) is 5.91 Å². The van der Waals surface area contributed by atoms with Crippen molar-refractivity contribution in [2.45, 2.75) is 12.5 Å². The Hall–Kier alpha value is -2.61. The second-order valence-corrected chi connectivity index (χ2v) is 7.38. The number of halogens is 1. The number of nitrogens with one attached hydrogen (secondary N) is 1. The van der Waals surface area contributed by atoms with Crippen LogP contribution in [-0.4, -0.2) is 49.5 Å². The molecule has 8 heteroatoms. The number of nitrogens with two attached hydrogens (primary N) is 2. The molecule has 2 amide bonds. The van der Waals surface area contributed by atoms with Crippen molar-refractivity contribution in [2.24, 2.45) is 17.4 Å². The fraction of sp³-hybridized carbons (Fsp3) is 0.364. The molecule has 1 aliphatic rings. The molecule has 1 aliphatic heterocycles. The number of rotatable bonds is 9. The Kier molecular flexibility index (Phi) is 9.11. The Balaban J connectivity index is 0.00000320. The molecule has 0 aliphatic carbocycles. The Bertz CT molecular complexity index is 817. The second-order valence-electron chi connectivity index (χ2n) is 7.38. The van der Waals surface area contributed by atoms with Crippen molar-refractivity contribution < 1.29 is 14.3 Å². The van der Waals surface area contributed by atoms with Gasteiger partial charge in [-0.15, -0.1) is 12.4 Å². The predicted molar refractivity (Wildman–Crippen MR) is 118 cm³/mol. The van der Waals surface area contributed by atoms with Gasteiger partial charge in [-0.1, -0.05) is 42.5 Å². The summed E-state index contributed by atoms with van der Waals surface area (Å²) < 4.78 is 5.23. The van der Waals surface area contributed by atoms with E-state index in [1.165, 1.54) is 5.56 Å². The van der Waals surface area contributed by atoms with Crippen LogP contribution in [0.5, 0.6) is 5.75 Å². The highest BCUT2D eigenvalue weighted by Gasteiger charge is 2.33. The molecule has 2 atom stereocenters. The van der Waals surface area contributed by atoms with Crippen LogP contribution in [0.25, 0.3) is 0 Å². The second kappa shape index (κ2) is 11.5. The molecule has 0 bridgehead atoms. The van der Waals surface area contributed by atoms with E-state index in [1.807, 2.05) is 30.3 Å². The first-order valence-corrected chi connectivity index (χ1v) is 9.79. The maximum atomic E-state index is 12.4. The van der Waals surface area contributed by atoms with Crippen molar-refractivity contribution in [2.75, 3.05) is 32.8 Å². The van der Waals surface area contributed by atoms with Gasteiger partial charge in [0, 0.05) is 25.6 Å². The molecule has 1 saturated heterocycles. The molecular weight excluding hydrogens is 404 g/mol. The van der Waals surface area contributed by atoms with Gasteiger partial charge >= 0.3 is 0 Å². The molecule has 2 aromatic rings. The van der Waals surface area contributed by atoms with Crippen LogP contribution in [0.3, 0.4) is 0 Å². The van der Waals surface area contributed by atoms with Gasteiger partial charge < -0.3 is 21.5 Å². The summed E-state index contributed by atoms with van der Waals surface area (Å²) in [7, 11) is 0. The molecule has 3 rings (SSSR count). The maximum absolute atomic E-state index is 12.4. The van der Waals surface area contributed by atoms with E-state index in [0.29, 0.717) is 37.2 Å². The SMILES string of the molecule is Cl.NC[C@@H]1CN(CC(=O)NCc2ccc(OCC(N)=O)cc2)C[C@H]1c1ccccc1. The Labute approximate surface area is 183 Å². The monoisotopic (exact) mass is 432 g/mol. The number of amides is 2. The van der Waals surface area contributed by atoms with E-state index in [2.05, 4.69) is 22.3 Å². The zero-order valence-electron chi connectivity index (χ0n) is 16.8. The largest absolute Gasteiger partial charge is 0.484 e. The summed E-state index contributed by atoms with van der Waals surface area (Å²) in [4.78, 5) is 25.3. The number of nitrogens with zero attached hydrogens (tertiary/aromatic N) is 1. The molecule has 1 heterocycles. The topological polar surface area (TPSA) is 111 Å². The Morgan fingerprint density at radius 2 is 1.77 bits per heavy atom. The van der Waals surface area contributed by atoms with Crippen molar-refractivity contribution in [3.05, 3.63) is 65.7 Å². The van der Waals surface area contributed by atoms with Crippen LogP contribution in [0.1, 0.15) is 17.0 Å². The zero-order valence-corrected chi connectivity index (χ0v) is 17.6. The highest BCUT2D eigenvalue weighted by Crippen LogP contribution is 2.31. The number of ether oxygens (including phenoxy) is 1. The van der Waals surface area contributed by atoms with Crippen LogP contribution in [0, 0.1) is 5.92 Å². The van der Waals surface area contributed by atoms with Crippen molar-refractivity contribution in [1.82, 2.24) is 10.2 Å². The van der Waals surface area contributed by atoms with Crippen LogP contribution in [0.4, 0.5) is 0 Å². The first-order valence-electron chi connectivity index (χ1n) is 9.79. The van der Waals surface area contributed by atoms with Gasteiger partial charge in [-0.05, 0) is 35.7 Å². The van der Waals surface area contributed by atoms with Gasteiger partial charge in [0.1, 0.15) is 5.75 Å². The number of benzene rings is 2. The van der Waals surface area contributed by atoms with E-state index in [-0.39, 0.29) is 24.9 Å². The summed E-state index contributed by atoms with van der Waals surface area (Å²) in [6, 6.07) is 17.6. The Morgan fingerprint density at radius 1 is 1.07 bits per heavy atom. The minimum atomic E-state index is -0.519. The van der Waals surface area contributed by atoms with Crippen LogP contribution in [0.15, 0.2) is 54.6 Å². The number of likely N-dealkylation sites (tertiary alicyclic amines) is 1. The molecule has 0 unspecified atom stereocenters. The molecule has 0 saturated carbocycles. The summed E-state index contributed by atoms with van der Waals surface area (Å²) in [5.74, 6) is 0.758. The molecule has 162 valence electrons. The summed E-state index contributed by atoms with van der Waals surface area (Å²) >= 11 is 0. The van der Waals surface area contributed by atoms with E-state index in [4.69, 9.17) is 16.2 Å². The van der Waals surface area contributed by atoms with Crippen LogP contribution in [-0.2, 0) is 16.1 Å². The predicted octanol–water partition coefficient (Wildman–Crippen LogP) is 1.26. The van der Waals surface area contributed by atoms with E-state index >= 15 is 0 Å². The fourth-order valence-electron chi connectivity index (χ4n) is 3.72. The molecule has 0 spiro atoms. The third-order valence-electron chi connectivity index (χ3n) is 5.21. The third kappa shape index (κ3) is 6.73. The standard InChI is InChI=1S/C22H28N4O3.ClH/c23-10-18-12-26(13-20(18)17-4-2-1-3-5-17)14-22(28)25-11-16-6-8-19(9-7-16)29-15-21(24)27;/h1-9,18,20H,10-15,23H2,(H2,24,27)(H,25,28);1H/t18-,20+;/m1./s1. The van der Waals surface area contributed by atoms with Crippen LogP contribution in [0.2, 0.25) is 0 Å². The van der Waals surface area contributed by atoms with Gasteiger partial charge in [-0.3, -0.25) is 14.5 Å². The first kappa shape index (κ1) is 23.7. The van der Waals surface area contributed by atoms with Crippen LogP contribution < -0.4 is 21.5 Å². The van der Waals surface area contributed by atoms with Crippen molar-refractivity contribution in [3.63, 3.8) is 0 Å². The highest BCUT2D eigenvalue weighted by atomic mass is 35.5. The average Bonchev–Trinajstić information content (AvgIpc) is 3.15. The number of carbonyl (C=O) groups is 2. The van der Waals surface area contributed by atoms with Gasteiger partial charge in [0.15, 0.2) is 6.61 Å². The minimum Gasteiger partial charge on any atom is -0.484 e. The van der Waals surface area contributed by atoms with Crippen molar-refractivity contribution in [1.29, 1.82) is 0 Å². The van der Waals surface area contributed by atoms with E-state index in [0.717, 1.165) is 18.7 Å². The number of hydrogen-bond acceptors (Lipinski definition) is 5. The van der Waals surface area contributed by atoms with Gasteiger partial charge in [-0.25, -0.2) is 0 Å². The molecular formula is C22H29ClN4O3. The van der Waals surface area contributed by atoms with Gasteiger partial charge in [-0.2, -0.15) is 0 Å². The molecule has 2 aromatic carbocycles. The molecule has 30 heavy (non-hydrogen) atoms. The lowest BCUT2D eigenvalue weighted by Crippen LogP contribution is -2.36. The Morgan fingerprint density at radius 3 is 2.40 bits per heavy atom. The lowest BCUT2D eigenvalue weighted by atomic mass is 9.89. The highest BCUT2D eigenvalue weighted by molar-refractivity contribution is 5.85. The van der Waals surface area contributed by atoms with E-state index in [9.17, 15) is 9.59 Å². The van der Waals surface area contributed by atoms with Gasteiger partial charge in [0.05, 0.1) is 6.54 Å². The van der Waals surface area contributed by atoms with Gasteiger partial charge in [0.25, 0.3) is 5.91 Å². The third-order valence-corrected chi connectivity index (χ3v) is 5.21. The maximum Gasteiger partial charge on any atom is 0.255 e. The molecule has 0 aromatic heterocycles. The normalized spacial score (nSPS) is 18.4. The smallest absolute Gasteiger partial charge is 0.255 e. The number of hydrogen-bond donors (Lipinski definition) is 3. The van der Waals surface area contributed by atoms with E-state index < -0.39 is 5.91 Å². The fourth-order valence-corrected chi connectivity index (χ4v) is 3.72. The van der Waals surface area contributed by atoms with Crippen molar-refractivity contribution in [3.8, 4) is 5.75 Å². The molecule has 0 radical (unpaired) electrons. The lowest BCUT2D eigenvalue weighted by Gasteiger charge is -2.16. The quantitative estimate of drug-likeness (QED) is 0.552. The molecule has 1 fully saturated rings. The first-order chi connectivity index (χ1) is 14.0. The minimum absolute atomic E-state index is 0. The summed E-state index contributed by atoms with van der Waals surface area (Å²) in [5.41, 5.74) is 13.3. The number of carbonyl (C=O) groups excluding carboxylic acids is 2. The van der Waals surface area contributed by atoms with Crippen LogP contribution >= 0.6 is 12.4 Å². The lowest BCUT2D eigenvalue weighted by molar-refractivity contribution is -0.122. The van der Waals surface area contributed by atoms with Crippen molar-refractivity contribution >= 4 is 24.2 Å². The summed E-state index contributed by atoms with van der Waals surface area (Å²) in [5, 5.41) is 2.96. The average molecular weight is 433 g/mol. The molecule has 7 nitrogen and oxygen atoms in total. The summed E-state index contributed by atoms with van der Waals surface area (Å²) in [6.45, 7) is 2.92. The summed E-state index contributed by atoms with van der Waals surface area (Å²) in [6.07, 6.45) is 0. The molecule has 5 N–H and O–H groups in total. The zero-order chi connectivity index (χ0) is 20.6. The van der Waals surface area contributed by atoms with E-state index in [1.54, 1.807) is 12.1 Å².